The number of ether oxygens (including phenoxy) is 1. The van der Waals surface area contributed by atoms with Crippen molar-refractivity contribution in [3.63, 3.8) is 0 Å². The fraction of sp³-hybridized carbons (Fsp3) is 0.409. The zero-order chi connectivity index (χ0) is 21.7. The molecule has 0 unspecified atom stereocenters. The first-order valence-corrected chi connectivity index (χ1v) is 11.9. The minimum Gasteiger partial charge on any atom is -0.491 e. The van der Waals surface area contributed by atoms with Crippen LogP contribution in [0.3, 0.4) is 0 Å². The van der Waals surface area contributed by atoms with Crippen molar-refractivity contribution in [1.82, 2.24) is 10.2 Å². The molecule has 6 nitrogen and oxygen atoms in total. The van der Waals surface area contributed by atoms with Gasteiger partial charge < -0.3 is 10.1 Å². The molecule has 0 bridgehead atoms. The predicted octanol–water partition coefficient (Wildman–Crippen LogP) is 3.02. The van der Waals surface area contributed by atoms with Crippen molar-refractivity contribution in [2.45, 2.75) is 37.2 Å². The van der Waals surface area contributed by atoms with Crippen LogP contribution >= 0.6 is 0 Å². The van der Waals surface area contributed by atoms with Gasteiger partial charge in [0.25, 0.3) is 5.91 Å². The fourth-order valence-corrected chi connectivity index (χ4v) is 4.21. The van der Waals surface area contributed by atoms with Crippen LogP contribution in [-0.2, 0) is 16.4 Å². The van der Waals surface area contributed by atoms with Gasteiger partial charge >= 0.3 is 0 Å². The van der Waals surface area contributed by atoms with Gasteiger partial charge in [0.2, 0.25) is 0 Å². The van der Waals surface area contributed by atoms with Crippen LogP contribution in [0.15, 0.2) is 47.4 Å². The second-order valence-corrected chi connectivity index (χ2v) is 9.54. The summed E-state index contributed by atoms with van der Waals surface area (Å²) in [6.07, 6.45) is 2.70. The van der Waals surface area contributed by atoms with E-state index in [1.165, 1.54) is 18.2 Å². The third kappa shape index (κ3) is 5.79. The highest BCUT2D eigenvalue weighted by atomic mass is 32.2. The summed E-state index contributed by atoms with van der Waals surface area (Å²) in [5.41, 5.74) is 1.33. The third-order valence-corrected chi connectivity index (χ3v) is 6.26. The van der Waals surface area contributed by atoms with Gasteiger partial charge in [0.1, 0.15) is 0 Å². The molecular formula is C22H27FN2O4S. The Kier molecular flexibility index (Phi) is 7.10. The summed E-state index contributed by atoms with van der Waals surface area (Å²) in [5, 5.41) is 3.00. The molecule has 3 rings (SSSR count). The Hall–Kier alpha value is -2.45. The molecule has 0 aliphatic carbocycles. The van der Waals surface area contributed by atoms with Crippen LogP contribution in [0.1, 0.15) is 35.7 Å². The lowest BCUT2D eigenvalue weighted by Gasteiger charge is -2.32. The van der Waals surface area contributed by atoms with E-state index < -0.39 is 9.84 Å². The molecule has 162 valence electrons. The summed E-state index contributed by atoms with van der Waals surface area (Å²) < 4.78 is 42.4. The molecule has 1 heterocycles. The maximum absolute atomic E-state index is 13.7. The largest absolute Gasteiger partial charge is 0.491 e. The van der Waals surface area contributed by atoms with Crippen LogP contribution in [-0.4, -0.2) is 51.2 Å². The van der Waals surface area contributed by atoms with Crippen LogP contribution in [0.4, 0.5) is 4.39 Å². The van der Waals surface area contributed by atoms with E-state index in [4.69, 9.17) is 4.74 Å². The van der Waals surface area contributed by atoms with Gasteiger partial charge in [-0.3, -0.25) is 9.69 Å². The van der Waals surface area contributed by atoms with Gasteiger partial charge in [0.15, 0.2) is 21.4 Å². The standard InChI is InChI=1S/C22H27FN2O4S/c1-3-29-21-13-16(7-8-20(21)23)15-25-11-9-18(10-12-25)24-22(26)17-5-4-6-19(14-17)30(2,27)28/h4-8,13-14,18H,3,9-12,15H2,1-2H3,(H,24,26). The topological polar surface area (TPSA) is 75.7 Å². The molecule has 0 saturated carbocycles. The molecule has 1 amide bonds. The number of nitrogens with one attached hydrogen (secondary N) is 1. The summed E-state index contributed by atoms with van der Waals surface area (Å²) >= 11 is 0. The average Bonchev–Trinajstić information content (AvgIpc) is 2.71. The number of likely N-dealkylation sites (tertiary alicyclic amines) is 1. The number of rotatable bonds is 7. The fourth-order valence-electron chi connectivity index (χ4n) is 3.54. The lowest BCUT2D eigenvalue weighted by atomic mass is 10.0. The zero-order valence-electron chi connectivity index (χ0n) is 17.2. The number of carbonyl (C=O) groups is 1. The highest BCUT2D eigenvalue weighted by Crippen LogP contribution is 2.21. The summed E-state index contributed by atoms with van der Waals surface area (Å²) in [6.45, 7) is 4.53. The molecule has 1 saturated heterocycles. The molecule has 2 aromatic carbocycles. The van der Waals surface area contributed by atoms with Crippen molar-refractivity contribution in [1.29, 1.82) is 0 Å². The molecule has 0 aromatic heterocycles. The van der Waals surface area contributed by atoms with Gasteiger partial charge in [-0.1, -0.05) is 12.1 Å². The van der Waals surface area contributed by atoms with Crippen LogP contribution in [0, 0.1) is 5.82 Å². The van der Waals surface area contributed by atoms with Crippen molar-refractivity contribution in [2.24, 2.45) is 0 Å². The predicted molar refractivity (Wildman–Crippen MR) is 113 cm³/mol. The normalized spacial score (nSPS) is 15.7. The van der Waals surface area contributed by atoms with Crippen molar-refractivity contribution >= 4 is 15.7 Å². The van der Waals surface area contributed by atoms with Gasteiger partial charge in [0.05, 0.1) is 11.5 Å². The second-order valence-electron chi connectivity index (χ2n) is 7.52. The minimum absolute atomic E-state index is 0.0304. The number of carbonyl (C=O) groups excluding carboxylic acids is 1. The smallest absolute Gasteiger partial charge is 0.251 e. The van der Waals surface area contributed by atoms with E-state index in [2.05, 4.69) is 10.2 Å². The Morgan fingerprint density at radius 3 is 2.60 bits per heavy atom. The van der Waals surface area contributed by atoms with Gasteiger partial charge in [-0.15, -0.1) is 0 Å². The molecule has 0 spiro atoms. The monoisotopic (exact) mass is 434 g/mol. The second kappa shape index (κ2) is 9.57. The van der Waals surface area contributed by atoms with Crippen LogP contribution < -0.4 is 10.1 Å². The van der Waals surface area contributed by atoms with E-state index in [9.17, 15) is 17.6 Å². The van der Waals surface area contributed by atoms with E-state index in [0.717, 1.165) is 37.8 Å². The molecule has 8 heteroatoms. The summed E-state index contributed by atoms with van der Waals surface area (Å²) in [4.78, 5) is 14.9. The Balaban J connectivity index is 1.54. The van der Waals surface area contributed by atoms with E-state index in [1.807, 2.05) is 6.92 Å². The van der Waals surface area contributed by atoms with E-state index in [1.54, 1.807) is 24.3 Å². The maximum atomic E-state index is 13.7. The first kappa shape index (κ1) is 22.2. The van der Waals surface area contributed by atoms with E-state index in [-0.39, 0.29) is 28.4 Å². The van der Waals surface area contributed by atoms with Gasteiger partial charge in [-0.05, 0) is 55.7 Å². The Labute approximate surface area is 177 Å². The SMILES string of the molecule is CCOc1cc(CN2CCC(NC(=O)c3cccc(S(C)(=O)=O)c3)CC2)ccc1F. The molecule has 2 aromatic rings. The van der Waals surface area contributed by atoms with Crippen molar-refractivity contribution in [3.8, 4) is 5.75 Å². The summed E-state index contributed by atoms with van der Waals surface area (Å²) in [7, 11) is -3.36. The number of benzene rings is 2. The molecule has 30 heavy (non-hydrogen) atoms. The first-order valence-electron chi connectivity index (χ1n) is 10.0. The van der Waals surface area contributed by atoms with Crippen molar-refractivity contribution in [2.75, 3.05) is 26.0 Å². The molecule has 1 aliphatic heterocycles. The minimum atomic E-state index is -3.36. The Bertz CT molecular complexity index is 1000. The third-order valence-electron chi connectivity index (χ3n) is 5.15. The molecule has 0 radical (unpaired) electrons. The molecular weight excluding hydrogens is 407 g/mol. The Morgan fingerprint density at radius 2 is 1.93 bits per heavy atom. The Morgan fingerprint density at radius 1 is 1.20 bits per heavy atom. The quantitative estimate of drug-likeness (QED) is 0.725. The van der Waals surface area contributed by atoms with Crippen LogP contribution in [0.5, 0.6) is 5.75 Å². The number of amides is 1. The lowest BCUT2D eigenvalue weighted by molar-refractivity contribution is 0.0908. The molecule has 1 aliphatic rings. The number of sulfone groups is 1. The van der Waals surface area contributed by atoms with Crippen LogP contribution in [0.25, 0.3) is 0 Å². The summed E-state index contributed by atoms with van der Waals surface area (Å²) in [6, 6.07) is 11.0. The highest BCUT2D eigenvalue weighted by molar-refractivity contribution is 7.90. The maximum Gasteiger partial charge on any atom is 0.251 e. The van der Waals surface area contributed by atoms with Gasteiger partial charge in [0, 0.05) is 37.5 Å². The highest BCUT2D eigenvalue weighted by Gasteiger charge is 2.22. The first-order chi connectivity index (χ1) is 14.3. The van der Waals surface area contributed by atoms with E-state index >= 15 is 0 Å². The number of nitrogens with zero attached hydrogens (tertiary/aromatic N) is 1. The van der Waals surface area contributed by atoms with Crippen molar-refractivity contribution < 1.29 is 22.3 Å². The number of halogens is 1. The van der Waals surface area contributed by atoms with E-state index in [0.29, 0.717) is 18.7 Å². The molecule has 1 N–H and O–H groups in total. The molecule has 1 fully saturated rings. The number of hydrogen-bond donors (Lipinski definition) is 1. The average molecular weight is 435 g/mol. The van der Waals surface area contributed by atoms with Gasteiger partial charge in [-0.25, -0.2) is 12.8 Å². The van der Waals surface area contributed by atoms with Gasteiger partial charge in [-0.2, -0.15) is 0 Å². The van der Waals surface area contributed by atoms with Crippen molar-refractivity contribution in [3.05, 3.63) is 59.4 Å². The lowest BCUT2D eigenvalue weighted by Crippen LogP contribution is -2.44. The summed E-state index contributed by atoms with van der Waals surface area (Å²) in [5.74, 6) is -0.353. The zero-order valence-corrected chi connectivity index (χ0v) is 18.0. The number of hydrogen-bond acceptors (Lipinski definition) is 5. The molecule has 0 atom stereocenters. The van der Waals surface area contributed by atoms with Crippen LogP contribution in [0.2, 0.25) is 0 Å². The number of piperidine rings is 1.